The van der Waals surface area contributed by atoms with Gasteiger partial charge in [0.2, 0.25) is 0 Å². The van der Waals surface area contributed by atoms with Crippen LogP contribution in [-0.4, -0.2) is 12.0 Å². The third kappa shape index (κ3) is 3.19. The molecule has 0 spiro atoms. The van der Waals surface area contributed by atoms with E-state index in [4.69, 9.17) is 23.2 Å². The lowest BCUT2D eigenvalue weighted by Crippen LogP contribution is -2.18. The molecule has 2 rings (SSSR count). The highest BCUT2D eigenvalue weighted by Gasteiger charge is 2.12. The van der Waals surface area contributed by atoms with Gasteiger partial charge < -0.3 is 5.32 Å². The molecule has 0 fully saturated rings. The van der Waals surface area contributed by atoms with Gasteiger partial charge in [-0.05, 0) is 24.7 Å². The topological polar surface area (TPSA) is 24.9 Å². The molecule has 0 aliphatic heterocycles. The van der Waals surface area contributed by atoms with E-state index >= 15 is 0 Å². The maximum absolute atomic E-state index is 6.02. The number of hydrogen-bond acceptors (Lipinski definition) is 3. The molecule has 1 atom stereocenters. The van der Waals surface area contributed by atoms with Crippen LogP contribution >= 0.6 is 34.5 Å². The SMILES string of the molecule is CNC(Cc1nccs1)c1ccc(Cl)c(Cl)c1. The Morgan fingerprint density at radius 1 is 1.35 bits per heavy atom. The first-order valence-electron chi connectivity index (χ1n) is 5.21. The van der Waals surface area contributed by atoms with Crippen LogP contribution in [0.15, 0.2) is 29.8 Å². The zero-order valence-corrected chi connectivity index (χ0v) is 11.6. The van der Waals surface area contributed by atoms with Crippen molar-refractivity contribution in [3.05, 3.63) is 50.4 Å². The maximum atomic E-state index is 6.02. The second-order valence-electron chi connectivity index (χ2n) is 3.64. The molecule has 2 nitrogen and oxygen atoms in total. The van der Waals surface area contributed by atoms with Crippen molar-refractivity contribution in [1.29, 1.82) is 0 Å². The molecule has 17 heavy (non-hydrogen) atoms. The van der Waals surface area contributed by atoms with Crippen LogP contribution in [0.5, 0.6) is 0 Å². The molecule has 90 valence electrons. The van der Waals surface area contributed by atoms with E-state index in [0.717, 1.165) is 17.0 Å². The second kappa shape index (κ2) is 5.83. The molecule has 1 aromatic carbocycles. The third-order valence-electron chi connectivity index (χ3n) is 2.56. The zero-order chi connectivity index (χ0) is 12.3. The van der Waals surface area contributed by atoms with Crippen molar-refractivity contribution in [2.45, 2.75) is 12.5 Å². The summed E-state index contributed by atoms with van der Waals surface area (Å²) in [5, 5.41) is 7.53. The average molecular weight is 287 g/mol. The fourth-order valence-corrected chi connectivity index (χ4v) is 2.61. The molecule has 1 heterocycles. The molecule has 1 N–H and O–H groups in total. The van der Waals surface area contributed by atoms with Crippen LogP contribution in [0.2, 0.25) is 10.0 Å². The lowest BCUT2D eigenvalue weighted by atomic mass is 10.0. The van der Waals surface area contributed by atoms with E-state index < -0.39 is 0 Å². The quantitative estimate of drug-likeness (QED) is 0.921. The van der Waals surface area contributed by atoms with Crippen molar-refractivity contribution in [2.75, 3.05) is 7.05 Å². The van der Waals surface area contributed by atoms with Crippen molar-refractivity contribution in [1.82, 2.24) is 10.3 Å². The van der Waals surface area contributed by atoms with Gasteiger partial charge in [0.15, 0.2) is 0 Å². The number of nitrogens with zero attached hydrogens (tertiary/aromatic N) is 1. The summed E-state index contributed by atoms with van der Waals surface area (Å²) in [5.74, 6) is 0. The number of likely N-dealkylation sites (N-methyl/N-ethyl adjacent to an activating group) is 1. The van der Waals surface area contributed by atoms with E-state index in [1.165, 1.54) is 0 Å². The van der Waals surface area contributed by atoms with Gasteiger partial charge in [0, 0.05) is 24.0 Å². The van der Waals surface area contributed by atoms with E-state index in [-0.39, 0.29) is 6.04 Å². The van der Waals surface area contributed by atoms with Gasteiger partial charge in [0.1, 0.15) is 0 Å². The first-order valence-corrected chi connectivity index (χ1v) is 6.85. The summed E-state index contributed by atoms with van der Waals surface area (Å²) in [5.41, 5.74) is 1.12. The second-order valence-corrected chi connectivity index (χ2v) is 5.44. The first kappa shape index (κ1) is 12.8. The van der Waals surface area contributed by atoms with Gasteiger partial charge >= 0.3 is 0 Å². The lowest BCUT2D eigenvalue weighted by Gasteiger charge is -2.15. The Bertz CT molecular complexity index is 485. The number of rotatable bonds is 4. The number of halogens is 2. The highest BCUT2D eigenvalue weighted by molar-refractivity contribution is 7.09. The summed E-state index contributed by atoms with van der Waals surface area (Å²) in [7, 11) is 1.93. The van der Waals surface area contributed by atoms with Gasteiger partial charge in [0.25, 0.3) is 0 Å². The normalized spacial score (nSPS) is 12.6. The summed E-state index contributed by atoms with van der Waals surface area (Å²) >= 11 is 13.6. The predicted molar refractivity (Wildman–Crippen MR) is 74.1 cm³/mol. The zero-order valence-electron chi connectivity index (χ0n) is 9.28. The van der Waals surface area contributed by atoms with Gasteiger partial charge in [-0.25, -0.2) is 4.98 Å². The Labute approximate surface area is 115 Å². The predicted octanol–water partition coefficient (Wildman–Crippen LogP) is 3.95. The largest absolute Gasteiger partial charge is 0.313 e. The molecule has 0 radical (unpaired) electrons. The number of thiazole rings is 1. The van der Waals surface area contributed by atoms with Crippen LogP contribution < -0.4 is 5.32 Å². The fourth-order valence-electron chi connectivity index (χ4n) is 1.64. The summed E-state index contributed by atoms with van der Waals surface area (Å²) in [4.78, 5) is 4.29. The monoisotopic (exact) mass is 286 g/mol. The van der Waals surface area contributed by atoms with E-state index in [1.54, 1.807) is 11.3 Å². The van der Waals surface area contributed by atoms with Crippen molar-refractivity contribution in [2.24, 2.45) is 0 Å². The fraction of sp³-hybridized carbons (Fsp3) is 0.250. The van der Waals surface area contributed by atoms with Gasteiger partial charge in [-0.1, -0.05) is 29.3 Å². The Morgan fingerprint density at radius 3 is 2.76 bits per heavy atom. The Hall–Kier alpha value is -0.610. The van der Waals surface area contributed by atoms with E-state index in [1.807, 2.05) is 36.8 Å². The Balaban J connectivity index is 2.20. The minimum absolute atomic E-state index is 0.205. The van der Waals surface area contributed by atoms with Crippen LogP contribution in [0.3, 0.4) is 0 Å². The molecule has 1 unspecified atom stereocenters. The molecule has 0 amide bonds. The molecule has 0 aliphatic rings. The van der Waals surface area contributed by atoms with Gasteiger partial charge in [-0.2, -0.15) is 0 Å². The molecule has 5 heteroatoms. The molecular formula is C12H12Cl2N2S. The smallest absolute Gasteiger partial charge is 0.0943 e. The molecule has 1 aromatic heterocycles. The van der Waals surface area contributed by atoms with Crippen molar-refractivity contribution in [3.63, 3.8) is 0 Å². The number of benzene rings is 1. The molecular weight excluding hydrogens is 275 g/mol. The summed E-state index contributed by atoms with van der Waals surface area (Å²) in [6.45, 7) is 0. The van der Waals surface area contributed by atoms with Crippen LogP contribution in [0, 0.1) is 0 Å². The third-order valence-corrected chi connectivity index (χ3v) is 4.10. The molecule has 0 aliphatic carbocycles. The van der Waals surface area contributed by atoms with Gasteiger partial charge in [-0.15, -0.1) is 11.3 Å². The standard InChI is InChI=1S/C12H12Cl2N2S/c1-15-11(7-12-16-4-5-17-12)8-2-3-9(13)10(14)6-8/h2-6,11,15H,7H2,1H3. The minimum Gasteiger partial charge on any atom is -0.313 e. The van der Waals surface area contributed by atoms with Crippen LogP contribution in [0.1, 0.15) is 16.6 Å². The van der Waals surface area contributed by atoms with Crippen molar-refractivity contribution < 1.29 is 0 Å². The molecule has 2 aromatic rings. The molecule has 0 saturated heterocycles. The van der Waals surface area contributed by atoms with Crippen LogP contribution in [0.25, 0.3) is 0 Å². The maximum Gasteiger partial charge on any atom is 0.0943 e. The van der Waals surface area contributed by atoms with Gasteiger partial charge in [0.05, 0.1) is 15.1 Å². The van der Waals surface area contributed by atoms with Crippen LogP contribution in [-0.2, 0) is 6.42 Å². The summed E-state index contributed by atoms with van der Waals surface area (Å²) in [6.07, 6.45) is 2.67. The highest BCUT2D eigenvalue weighted by Crippen LogP contribution is 2.27. The highest BCUT2D eigenvalue weighted by atomic mass is 35.5. The summed E-state index contributed by atoms with van der Waals surface area (Å²) < 4.78 is 0. The van der Waals surface area contributed by atoms with E-state index in [2.05, 4.69) is 10.3 Å². The van der Waals surface area contributed by atoms with Crippen molar-refractivity contribution in [3.8, 4) is 0 Å². The Kier molecular flexibility index (Phi) is 4.40. The van der Waals surface area contributed by atoms with E-state index in [0.29, 0.717) is 10.0 Å². The first-order chi connectivity index (χ1) is 8.20. The minimum atomic E-state index is 0.205. The summed E-state index contributed by atoms with van der Waals surface area (Å²) in [6, 6.07) is 5.92. The molecule has 0 bridgehead atoms. The number of nitrogens with one attached hydrogen (secondary N) is 1. The lowest BCUT2D eigenvalue weighted by molar-refractivity contribution is 0.590. The average Bonchev–Trinajstić information content (AvgIpc) is 2.82. The Morgan fingerprint density at radius 2 is 2.18 bits per heavy atom. The van der Waals surface area contributed by atoms with Crippen LogP contribution in [0.4, 0.5) is 0 Å². The number of hydrogen-bond donors (Lipinski definition) is 1. The van der Waals surface area contributed by atoms with Gasteiger partial charge in [-0.3, -0.25) is 0 Å². The van der Waals surface area contributed by atoms with E-state index in [9.17, 15) is 0 Å². The van der Waals surface area contributed by atoms with Crippen molar-refractivity contribution >= 4 is 34.5 Å². The molecule has 0 saturated carbocycles. The number of aromatic nitrogens is 1.